The highest BCUT2D eigenvalue weighted by atomic mass is 32.1. The predicted octanol–water partition coefficient (Wildman–Crippen LogP) is 1.66. The van der Waals surface area contributed by atoms with E-state index in [-0.39, 0.29) is 4.90 Å². The van der Waals surface area contributed by atoms with E-state index < -0.39 is 26.8 Å². The maximum Gasteiger partial charge on any atom is 0.307 e. The molecular formula is C7H3N3O4S. The summed E-state index contributed by atoms with van der Waals surface area (Å²) in [5.41, 5.74) is -1.82. The molecule has 0 bridgehead atoms. The minimum Gasteiger partial charge on any atom is -0.258 e. The zero-order valence-electron chi connectivity index (χ0n) is 7.08. The summed E-state index contributed by atoms with van der Waals surface area (Å²) in [5, 5.41) is 29.7. The van der Waals surface area contributed by atoms with Crippen molar-refractivity contribution < 1.29 is 9.85 Å². The molecule has 0 aromatic heterocycles. The molecule has 8 heteroatoms. The molecule has 0 aliphatic heterocycles. The van der Waals surface area contributed by atoms with Gasteiger partial charge in [0.2, 0.25) is 5.56 Å². The summed E-state index contributed by atoms with van der Waals surface area (Å²) >= 11 is 3.76. The van der Waals surface area contributed by atoms with Gasteiger partial charge in [0.05, 0.1) is 14.7 Å². The van der Waals surface area contributed by atoms with Crippen molar-refractivity contribution in [2.24, 2.45) is 0 Å². The molecular weight excluding hydrogens is 222 g/mol. The first-order valence-corrected chi connectivity index (χ1v) is 3.98. The van der Waals surface area contributed by atoms with Crippen molar-refractivity contribution in [2.45, 2.75) is 4.90 Å². The SMILES string of the molecule is N#Cc1c([N+](=O)[O-])ccc(S)c1[N+](=O)[O-]. The number of rotatable bonds is 2. The van der Waals surface area contributed by atoms with E-state index in [9.17, 15) is 20.2 Å². The lowest BCUT2D eigenvalue weighted by molar-refractivity contribution is -0.396. The van der Waals surface area contributed by atoms with Gasteiger partial charge in [0.15, 0.2) is 0 Å². The molecule has 0 radical (unpaired) electrons. The first-order chi connectivity index (χ1) is 6.99. The van der Waals surface area contributed by atoms with Gasteiger partial charge < -0.3 is 0 Å². The van der Waals surface area contributed by atoms with Gasteiger partial charge >= 0.3 is 5.69 Å². The molecule has 76 valence electrons. The van der Waals surface area contributed by atoms with E-state index in [1.807, 2.05) is 0 Å². The van der Waals surface area contributed by atoms with Crippen LogP contribution in [0.3, 0.4) is 0 Å². The molecule has 1 aromatic rings. The standard InChI is InChI=1S/C7H3N3O4S/c8-3-4-5(9(11)12)1-2-6(15)7(4)10(13)14/h1-2,15H. The Morgan fingerprint density at radius 3 is 2.27 bits per heavy atom. The van der Waals surface area contributed by atoms with Crippen LogP contribution < -0.4 is 0 Å². The first kappa shape index (κ1) is 10.9. The number of hydrogen-bond donors (Lipinski definition) is 1. The van der Waals surface area contributed by atoms with Crippen molar-refractivity contribution in [3.05, 3.63) is 37.9 Å². The summed E-state index contributed by atoms with van der Waals surface area (Å²) < 4.78 is 0. The Hall–Kier alpha value is -2.14. The second-order valence-electron chi connectivity index (χ2n) is 2.45. The highest BCUT2D eigenvalue weighted by molar-refractivity contribution is 7.80. The summed E-state index contributed by atoms with van der Waals surface area (Å²) in [5.74, 6) is 0. The fraction of sp³-hybridized carbons (Fsp3) is 0. The van der Waals surface area contributed by atoms with Gasteiger partial charge in [-0.2, -0.15) is 5.26 Å². The normalized spacial score (nSPS) is 9.33. The molecule has 1 rings (SSSR count). The Bertz CT molecular complexity index is 494. The maximum atomic E-state index is 10.6. The Balaban J connectivity index is 3.64. The van der Waals surface area contributed by atoms with Gasteiger partial charge in [0.25, 0.3) is 5.69 Å². The molecule has 1 aromatic carbocycles. The van der Waals surface area contributed by atoms with Crippen molar-refractivity contribution in [1.82, 2.24) is 0 Å². The van der Waals surface area contributed by atoms with Gasteiger partial charge in [-0.1, -0.05) is 0 Å². The Morgan fingerprint density at radius 1 is 1.27 bits per heavy atom. The van der Waals surface area contributed by atoms with Crippen LogP contribution in [-0.4, -0.2) is 9.85 Å². The summed E-state index contributed by atoms with van der Waals surface area (Å²) in [6.07, 6.45) is 0. The lowest BCUT2D eigenvalue weighted by Crippen LogP contribution is -1.99. The highest BCUT2D eigenvalue weighted by Crippen LogP contribution is 2.32. The average Bonchev–Trinajstić information content (AvgIpc) is 2.15. The Kier molecular flexibility index (Phi) is 2.87. The zero-order valence-corrected chi connectivity index (χ0v) is 7.97. The molecule has 0 unspecified atom stereocenters. The Morgan fingerprint density at radius 2 is 1.87 bits per heavy atom. The van der Waals surface area contributed by atoms with Gasteiger partial charge in [0.1, 0.15) is 6.07 Å². The van der Waals surface area contributed by atoms with E-state index in [1.54, 1.807) is 0 Å². The van der Waals surface area contributed by atoms with Gasteiger partial charge in [-0.05, 0) is 6.07 Å². The van der Waals surface area contributed by atoms with Gasteiger partial charge in [-0.25, -0.2) is 0 Å². The first-order valence-electron chi connectivity index (χ1n) is 3.54. The molecule has 0 heterocycles. The van der Waals surface area contributed by atoms with Crippen LogP contribution in [0.4, 0.5) is 11.4 Å². The van der Waals surface area contributed by atoms with Gasteiger partial charge in [-0.3, -0.25) is 20.2 Å². The van der Waals surface area contributed by atoms with E-state index in [4.69, 9.17) is 5.26 Å². The third kappa shape index (κ3) is 1.87. The number of hydrogen-bond acceptors (Lipinski definition) is 6. The number of nitro benzene ring substituents is 2. The molecule has 0 saturated carbocycles. The lowest BCUT2D eigenvalue weighted by Gasteiger charge is -1.98. The van der Waals surface area contributed by atoms with Crippen LogP contribution in [0.1, 0.15) is 5.56 Å². The number of nitrogens with zero attached hydrogens (tertiary/aromatic N) is 3. The van der Waals surface area contributed by atoms with Gasteiger partial charge in [0, 0.05) is 6.07 Å². The second-order valence-corrected chi connectivity index (χ2v) is 2.94. The van der Waals surface area contributed by atoms with Crippen LogP contribution in [0.25, 0.3) is 0 Å². The van der Waals surface area contributed by atoms with Crippen LogP contribution in [0, 0.1) is 31.6 Å². The number of benzene rings is 1. The minimum absolute atomic E-state index is 0.0813. The third-order valence-electron chi connectivity index (χ3n) is 1.63. The molecule has 0 aliphatic rings. The minimum atomic E-state index is -0.867. The van der Waals surface area contributed by atoms with E-state index in [2.05, 4.69) is 12.6 Å². The third-order valence-corrected chi connectivity index (χ3v) is 1.99. The van der Waals surface area contributed by atoms with E-state index in [1.165, 1.54) is 6.07 Å². The fourth-order valence-electron chi connectivity index (χ4n) is 1.02. The molecule has 0 N–H and O–H groups in total. The molecule has 0 spiro atoms. The number of nitro groups is 2. The molecule has 7 nitrogen and oxygen atoms in total. The van der Waals surface area contributed by atoms with Crippen LogP contribution in [0.15, 0.2) is 17.0 Å². The number of thiol groups is 1. The van der Waals surface area contributed by atoms with E-state index in [0.717, 1.165) is 12.1 Å². The van der Waals surface area contributed by atoms with Crippen molar-refractivity contribution in [3.8, 4) is 6.07 Å². The van der Waals surface area contributed by atoms with Gasteiger partial charge in [-0.15, -0.1) is 12.6 Å². The van der Waals surface area contributed by atoms with Crippen molar-refractivity contribution >= 4 is 24.0 Å². The lowest BCUT2D eigenvalue weighted by atomic mass is 10.1. The fourth-order valence-corrected chi connectivity index (χ4v) is 1.28. The van der Waals surface area contributed by atoms with Crippen LogP contribution in [0.5, 0.6) is 0 Å². The summed E-state index contributed by atoms with van der Waals surface area (Å²) in [4.78, 5) is 19.2. The smallest absolute Gasteiger partial charge is 0.258 e. The average molecular weight is 225 g/mol. The summed E-state index contributed by atoms with van der Waals surface area (Å²) in [7, 11) is 0. The zero-order chi connectivity index (χ0) is 11.6. The number of nitriles is 1. The topological polar surface area (TPSA) is 110 Å². The van der Waals surface area contributed by atoms with Crippen molar-refractivity contribution in [2.75, 3.05) is 0 Å². The molecule has 15 heavy (non-hydrogen) atoms. The van der Waals surface area contributed by atoms with Crippen molar-refractivity contribution in [3.63, 3.8) is 0 Å². The molecule has 0 fully saturated rings. The molecule has 0 amide bonds. The molecule has 0 aliphatic carbocycles. The second kappa shape index (κ2) is 3.93. The maximum absolute atomic E-state index is 10.6. The van der Waals surface area contributed by atoms with E-state index >= 15 is 0 Å². The van der Waals surface area contributed by atoms with Crippen LogP contribution >= 0.6 is 12.6 Å². The Labute approximate surface area is 88.6 Å². The summed E-state index contributed by atoms with van der Waals surface area (Å²) in [6, 6.07) is 3.55. The predicted molar refractivity (Wildman–Crippen MR) is 51.7 cm³/mol. The van der Waals surface area contributed by atoms with Crippen LogP contribution in [-0.2, 0) is 0 Å². The highest BCUT2D eigenvalue weighted by Gasteiger charge is 2.27. The monoisotopic (exact) mass is 225 g/mol. The molecule has 0 saturated heterocycles. The molecule has 0 atom stereocenters. The quantitative estimate of drug-likeness (QED) is 0.467. The van der Waals surface area contributed by atoms with Crippen molar-refractivity contribution in [1.29, 1.82) is 5.26 Å². The summed E-state index contributed by atoms with van der Waals surface area (Å²) in [6.45, 7) is 0. The van der Waals surface area contributed by atoms with E-state index in [0.29, 0.717) is 0 Å². The van der Waals surface area contributed by atoms with Crippen LogP contribution in [0.2, 0.25) is 0 Å². The largest absolute Gasteiger partial charge is 0.307 e.